The van der Waals surface area contributed by atoms with Gasteiger partial charge in [-0.3, -0.25) is 0 Å². The van der Waals surface area contributed by atoms with E-state index in [1.54, 1.807) is 6.07 Å². The maximum Gasteiger partial charge on any atom is 0.165 e. The van der Waals surface area contributed by atoms with Crippen LogP contribution in [0, 0.1) is 5.82 Å². The summed E-state index contributed by atoms with van der Waals surface area (Å²) in [5.41, 5.74) is 6.26. The average molecular weight is 239 g/mol. The highest BCUT2D eigenvalue weighted by Crippen LogP contribution is 2.35. The van der Waals surface area contributed by atoms with E-state index in [1.807, 2.05) is 13.0 Å². The van der Waals surface area contributed by atoms with Gasteiger partial charge in [-0.15, -0.1) is 0 Å². The first-order valence-electron chi connectivity index (χ1n) is 5.79. The number of rotatable bonds is 2. The molecule has 1 aromatic carbocycles. The predicted molar refractivity (Wildman–Crippen MR) is 63.5 cm³/mol. The van der Waals surface area contributed by atoms with Gasteiger partial charge in [0, 0.05) is 12.6 Å². The molecule has 1 aromatic rings. The van der Waals surface area contributed by atoms with Crippen molar-refractivity contribution in [2.45, 2.75) is 31.4 Å². The van der Waals surface area contributed by atoms with Crippen molar-refractivity contribution in [3.05, 3.63) is 29.6 Å². The molecule has 2 rings (SSSR count). The molecule has 1 heterocycles. The standard InChI is InChI=1S/C13H18FNO2/c1-13(8-10(15)5-6-17-13)9-3-4-12(16-2)11(14)7-9/h3-4,7,10H,5-6,8,15H2,1-2H3. The lowest BCUT2D eigenvalue weighted by Crippen LogP contribution is -2.41. The van der Waals surface area contributed by atoms with Gasteiger partial charge in [-0.1, -0.05) is 6.07 Å². The molecule has 1 aliphatic heterocycles. The molecule has 3 nitrogen and oxygen atoms in total. The monoisotopic (exact) mass is 239 g/mol. The Kier molecular flexibility index (Phi) is 3.35. The molecule has 0 saturated carbocycles. The Morgan fingerprint density at radius 2 is 2.29 bits per heavy atom. The van der Waals surface area contributed by atoms with Gasteiger partial charge in [0.05, 0.1) is 12.7 Å². The molecule has 1 aliphatic rings. The lowest BCUT2D eigenvalue weighted by Gasteiger charge is -2.37. The number of halogens is 1. The molecule has 1 fully saturated rings. The highest BCUT2D eigenvalue weighted by molar-refractivity contribution is 5.32. The zero-order chi connectivity index (χ0) is 12.5. The first-order chi connectivity index (χ1) is 8.05. The lowest BCUT2D eigenvalue weighted by molar-refractivity contribution is -0.0767. The number of nitrogens with two attached hydrogens (primary N) is 1. The zero-order valence-corrected chi connectivity index (χ0v) is 10.2. The van der Waals surface area contributed by atoms with Crippen molar-refractivity contribution in [1.29, 1.82) is 0 Å². The third kappa shape index (κ3) is 2.42. The van der Waals surface area contributed by atoms with Crippen LogP contribution in [0.1, 0.15) is 25.3 Å². The van der Waals surface area contributed by atoms with Crippen LogP contribution in [0.15, 0.2) is 18.2 Å². The second kappa shape index (κ2) is 4.63. The Hall–Kier alpha value is -1.13. The molecule has 1 saturated heterocycles. The van der Waals surface area contributed by atoms with Crippen molar-refractivity contribution in [3.8, 4) is 5.75 Å². The summed E-state index contributed by atoms with van der Waals surface area (Å²) in [4.78, 5) is 0. The van der Waals surface area contributed by atoms with Crippen LogP contribution in [0.5, 0.6) is 5.75 Å². The molecule has 0 aliphatic carbocycles. The number of hydrogen-bond donors (Lipinski definition) is 1. The van der Waals surface area contributed by atoms with Crippen LogP contribution in [0.3, 0.4) is 0 Å². The fraction of sp³-hybridized carbons (Fsp3) is 0.538. The van der Waals surface area contributed by atoms with E-state index in [4.69, 9.17) is 15.2 Å². The Bertz CT molecular complexity index is 410. The summed E-state index contributed by atoms with van der Waals surface area (Å²) in [6, 6.07) is 5.04. The molecular weight excluding hydrogens is 221 g/mol. The molecule has 94 valence electrons. The number of ether oxygens (including phenoxy) is 2. The van der Waals surface area contributed by atoms with Crippen molar-refractivity contribution < 1.29 is 13.9 Å². The van der Waals surface area contributed by atoms with Gasteiger partial charge in [0.2, 0.25) is 0 Å². The van der Waals surface area contributed by atoms with Gasteiger partial charge in [-0.25, -0.2) is 4.39 Å². The van der Waals surface area contributed by atoms with E-state index in [1.165, 1.54) is 13.2 Å². The maximum absolute atomic E-state index is 13.7. The Morgan fingerprint density at radius 3 is 2.88 bits per heavy atom. The summed E-state index contributed by atoms with van der Waals surface area (Å²) >= 11 is 0. The Morgan fingerprint density at radius 1 is 1.53 bits per heavy atom. The summed E-state index contributed by atoms with van der Waals surface area (Å²) in [6.07, 6.45) is 1.56. The van der Waals surface area contributed by atoms with Crippen LogP contribution < -0.4 is 10.5 Å². The quantitative estimate of drug-likeness (QED) is 0.860. The Labute approximate surface area is 101 Å². The van der Waals surface area contributed by atoms with Gasteiger partial charge in [0.15, 0.2) is 11.6 Å². The normalized spacial score (nSPS) is 29.1. The van der Waals surface area contributed by atoms with E-state index in [0.29, 0.717) is 13.0 Å². The smallest absolute Gasteiger partial charge is 0.165 e. The van der Waals surface area contributed by atoms with E-state index < -0.39 is 5.60 Å². The molecule has 0 bridgehead atoms. The second-order valence-electron chi connectivity index (χ2n) is 4.68. The number of methoxy groups -OCH3 is 1. The van der Waals surface area contributed by atoms with E-state index in [9.17, 15) is 4.39 Å². The van der Waals surface area contributed by atoms with Gasteiger partial charge >= 0.3 is 0 Å². The molecule has 0 spiro atoms. The molecule has 17 heavy (non-hydrogen) atoms. The van der Waals surface area contributed by atoms with Gasteiger partial charge in [-0.05, 0) is 37.5 Å². The van der Waals surface area contributed by atoms with E-state index in [0.717, 1.165) is 12.0 Å². The third-order valence-corrected chi connectivity index (χ3v) is 3.32. The third-order valence-electron chi connectivity index (χ3n) is 3.32. The minimum Gasteiger partial charge on any atom is -0.494 e. The average Bonchev–Trinajstić information content (AvgIpc) is 2.28. The SMILES string of the molecule is COc1ccc(C2(C)CC(N)CCO2)cc1F. The van der Waals surface area contributed by atoms with Crippen LogP contribution in [-0.2, 0) is 10.3 Å². The van der Waals surface area contributed by atoms with Gasteiger partial charge in [-0.2, -0.15) is 0 Å². The fourth-order valence-electron chi connectivity index (χ4n) is 2.29. The van der Waals surface area contributed by atoms with Crippen LogP contribution in [0.2, 0.25) is 0 Å². The lowest BCUT2D eigenvalue weighted by atomic mass is 9.86. The number of benzene rings is 1. The van der Waals surface area contributed by atoms with Gasteiger partial charge < -0.3 is 15.2 Å². The van der Waals surface area contributed by atoms with Gasteiger partial charge in [0.25, 0.3) is 0 Å². The van der Waals surface area contributed by atoms with Gasteiger partial charge in [0.1, 0.15) is 0 Å². The van der Waals surface area contributed by atoms with Crippen molar-refractivity contribution in [2.24, 2.45) is 5.73 Å². The van der Waals surface area contributed by atoms with Crippen LogP contribution in [0.4, 0.5) is 4.39 Å². The minimum atomic E-state index is -0.495. The van der Waals surface area contributed by atoms with Crippen molar-refractivity contribution >= 4 is 0 Å². The minimum absolute atomic E-state index is 0.110. The zero-order valence-electron chi connectivity index (χ0n) is 10.2. The molecular formula is C13H18FNO2. The molecule has 2 atom stereocenters. The van der Waals surface area contributed by atoms with E-state index in [2.05, 4.69) is 0 Å². The summed E-state index contributed by atoms with van der Waals surface area (Å²) in [5.74, 6) is -0.119. The summed E-state index contributed by atoms with van der Waals surface area (Å²) in [5, 5.41) is 0. The number of hydrogen-bond acceptors (Lipinski definition) is 3. The first kappa shape index (κ1) is 12.3. The summed E-state index contributed by atoms with van der Waals surface area (Å²) in [7, 11) is 1.45. The van der Waals surface area contributed by atoms with Crippen LogP contribution in [-0.4, -0.2) is 19.8 Å². The molecule has 4 heteroatoms. The molecule has 0 aromatic heterocycles. The topological polar surface area (TPSA) is 44.5 Å². The maximum atomic E-state index is 13.7. The van der Waals surface area contributed by atoms with Crippen molar-refractivity contribution in [1.82, 2.24) is 0 Å². The van der Waals surface area contributed by atoms with Crippen LogP contribution in [0.25, 0.3) is 0 Å². The molecule has 2 unspecified atom stereocenters. The largest absolute Gasteiger partial charge is 0.494 e. The summed E-state index contributed by atoms with van der Waals surface area (Å²) in [6.45, 7) is 2.57. The molecule has 0 amide bonds. The highest BCUT2D eigenvalue weighted by Gasteiger charge is 2.34. The van der Waals surface area contributed by atoms with Crippen molar-refractivity contribution in [2.75, 3.05) is 13.7 Å². The summed E-state index contributed by atoms with van der Waals surface area (Å²) < 4.78 is 24.3. The van der Waals surface area contributed by atoms with Crippen LogP contribution >= 0.6 is 0 Å². The van der Waals surface area contributed by atoms with E-state index in [-0.39, 0.29) is 17.6 Å². The fourth-order valence-corrected chi connectivity index (χ4v) is 2.29. The second-order valence-corrected chi connectivity index (χ2v) is 4.68. The van der Waals surface area contributed by atoms with Crippen molar-refractivity contribution in [3.63, 3.8) is 0 Å². The predicted octanol–water partition coefficient (Wildman–Crippen LogP) is 2.19. The highest BCUT2D eigenvalue weighted by atomic mass is 19.1. The van der Waals surface area contributed by atoms with E-state index >= 15 is 0 Å². The molecule has 0 radical (unpaired) electrons. The molecule has 2 N–H and O–H groups in total. The Balaban J connectivity index is 2.29. The first-order valence-corrected chi connectivity index (χ1v) is 5.79.